The van der Waals surface area contributed by atoms with E-state index in [1.54, 1.807) is 12.1 Å². The predicted molar refractivity (Wildman–Crippen MR) is 77.9 cm³/mol. The van der Waals surface area contributed by atoms with Gasteiger partial charge in [0.05, 0.1) is 0 Å². The van der Waals surface area contributed by atoms with Crippen LogP contribution in [0.3, 0.4) is 0 Å². The summed E-state index contributed by atoms with van der Waals surface area (Å²) in [6, 6.07) is 5.15. The van der Waals surface area contributed by atoms with Crippen LogP contribution in [0.5, 0.6) is 0 Å². The maximum Gasteiger partial charge on any atom is 0.217 e. The molecular formula is C15H22FN3O. The van der Waals surface area contributed by atoms with Crippen LogP contribution in [0.25, 0.3) is 0 Å². The summed E-state index contributed by atoms with van der Waals surface area (Å²) in [5.41, 5.74) is 7.10. The SMILES string of the molecule is CNCc1cc(F)cc(N2CCC(CC(N)=O)CC2)c1. The van der Waals surface area contributed by atoms with E-state index in [4.69, 9.17) is 5.73 Å². The molecule has 1 fully saturated rings. The van der Waals surface area contributed by atoms with Gasteiger partial charge in [0.1, 0.15) is 5.82 Å². The Morgan fingerprint density at radius 2 is 2.10 bits per heavy atom. The van der Waals surface area contributed by atoms with Crippen molar-refractivity contribution in [2.45, 2.75) is 25.8 Å². The molecule has 1 aromatic rings. The minimum atomic E-state index is -0.231. The summed E-state index contributed by atoms with van der Waals surface area (Å²) in [6.07, 6.45) is 2.32. The van der Waals surface area contributed by atoms with E-state index in [0.29, 0.717) is 18.9 Å². The molecule has 0 atom stereocenters. The van der Waals surface area contributed by atoms with Gasteiger partial charge in [-0.15, -0.1) is 0 Å². The average molecular weight is 279 g/mol. The Labute approximate surface area is 119 Å². The number of anilines is 1. The van der Waals surface area contributed by atoms with Crippen LogP contribution < -0.4 is 16.0 Å². The molecule has 1 aromatic carbocycles. The molecule has 1 aliphatic heterocycles. The first kappa shape index (κ1) is 14.8. The lowest BCUT2D eigenvalue weighted by Gasteiger charge is -2.33. The van der Waals surface area contributed by atoms with Crippen LogP contribution in [-0.4, -0.2) is 26.0 Å². The summed E-state index contributed by atoms with van der Waals surface area (Å²) in [5, 5.41) is 3.03. The van der Waals surface area contributed by atoms with Crippen LogP contribution in [-0.2, 0) is 11.3 Å². The van der Waals surface area contributed by atoms with Crippen molar-refractivity contribution in [1.29, 1.82) is 0 Å². The van der Waals surface area contributed by atoms with Gasteiger partial charge in [0.2, 0.25) is 5.91 Å². The molecule has 0 aliphatic carbocycles. The van der Waals surface area contributed by atoms with E-state index >= 15 is 0 Å². The van der Waals surface area contributed by atoms with Gasteiger partial charge >= 0.3 is 0 Å². The number of nitrogens with one attached hydrogen (secondary N) is 1. The molecule has 0 unspecified atom stereocenters. The second-order valence-electron chi connectivity index (χ2n) is 5.45. The summed E-state index contributed by atoms with van der Waals surface area (Å²) >= 11 is 0. The van der Waals surface area contributed by atoms with Crippen molar-refractivity contribution < 1.29 is 9.18 Å². The van der Waals surface area contributed by atoms with Crippen molar-refractivity contribution in [2.75, 3.05) is 25.0 Å². The van der Waals surface area contributed by atoms with Gasteiger partial charge in [0, 0.05) is 31.7 Å². The van der Waals surface area contributed by atoms with Gasteiger partial charge in [0.25, 0.3) is 0 Å². The Morgan fingerprint density at radius 1 is 1.40 bits per heavy atom. The second-order valence-corrected chi connectivity index (χ2v) is 5.45. The van der Waals surface area contributed by atoms with Crippen LogP contribution in [0.4, 0.5) is 10.1 Å². The zero-order valence-electron chi connectivity index (χ0n) is 11.9. The molecule has 0 radical (unpaired) electrons. The molecule has 20 heavy (non-hydrogen) atoms. The van der Waals surface area contributed by atoms with Crippen molar-refractivity contribution in [1.82, 2.24) is 5.32 Å². The molecule has 1 heterocycles. The normalized spacial score (nSPS) is 16.4. The third-order valence-electron chi connectivity index (χ3n) is 3.79. The third kappa shape index (κ3) is 3.93. The lowest BCUT2D eigenvalue weighted by Crippen LogP contribution is -2.35. The van der Waals surface area contributed by atoms with Crippen molar-refractivity contribution in [3.63, 3.8) is 0 Å². The maximum atomic E-state index is 13.6. The number of rotatable bonds is 5. The number of piperidine rings is 1. The molecule has 0 spiro atoms. The molecule has 1 aliphatic rings. The number of hydrogen-bond acceptors (Lipinski definition) is 3. The van der Waals surface area contributed by atoms with E-state index in [-0.39, 0.29) is 11.7 Å². The monoisotopic (exact) mass is 279 g/mol. The molecule has 1 amide bonds. The number of nitrogens with zero attached hydrogens (tertiary/aromatic N) is 1. The van der Waals surface area contributed by atoms with Gasteiger partial charge in [0.15, 0.2) is 0 Å². The molecule has 1 saturated heterocycles. The topological polar surface area (TPSA) is 58.4 Å². The first-order valence-corrected chi connectivity index (χ1v) is 7.06. The number of primary amides is 1. The van der Waals surface area contributed by atoms with E-state index in [1.807, 2.05) is 13.1 Å². The third-order valence-corrected chi connectivity index (χ3v) is 3.79. The molecule has 0 aromatic heterocycles. The van der Waals surface area contributed by atoms with Gasteiger partial charge in [-0.1, -0.05) is 0 Å². The molecule has 0 saturated carbocycles. The maximum absolute atomic E-state index is 13.6. The highest BCUT2D eigenvalue weighted by Crippen LogP contribution is 2.26. The van der Waals surface area contributed by atoms with E-state index in [0.717, 1.165) is 37.2 Å². The lowest BCUT2D eigenvalue weighted by molar-refractivity contribution is -0.119. The molecule has 110 valence electrons. The lowest BCUT2D eigenvalue weighted by atomic mass is 9.93. The first-order chi connectivity index (χ1) is 9.58. The van der Waals surface area contributed by atoms with Crippen molar-refractivity contribution in [3.05, 3.63) is 29.6 Å². The standard InChI is InChI=1S/C15H22FN3O/c1-18-10-12-6-13(16)9-14(7-12)19-4-2-11(3-5-19)8-15(17)20/h6-7,9,11,18H,2-5,8,10H2,1H3,(H2,17,20). The molecule has 2 rings (SSSR count). The highest BCUT2D eigenvalue weighted by molar-refractivity contribution is 5.74. The van der Waals surface area contributed by atoms with E-state index < -0.39 is 0 Å². The fraction of sp³-hybridized carbons (Fsp3) is 0.533. The summed E-state index contributed by atoms with van der Waals surface area (Å²) < 4.78 is 13.6. The number of hydrogen-bond donors (Lipinski definition) is 2. The molecule has 4 nitrogen and oxygen atoms in total. The van der Waals surface area contributed by atoms with Gasteiger partial charge < -0.3 is 16.0 Å². The quantitative estimate of drug-likeness (QED) is 0.861. The number of carbonyl (C=O) groups is 1. The number of carbonyl (C=O) groups excluding carboxylic acids is 1. The summed E-state index contributed by atoms with van der Waals surface area (Å²) in [7, 11) is 1.85. The number of benzene rings is 1. The molecular weight excluding hydrogens is 257 g/mol. The Morgan fingerprint density at radius 3 is 2.70 bits per heavy atom. The smallest absolute Gasteiger partial charge is 0.217 e. The van der Waals surface area contributed by atoms with Crippen molar-refractivity contribution in [3.8, 4) is 0 Å². The number of halogens is 1. The number of nitrogens with two attached hydrogens (primary N) is 1. The van der Waals surface area contributed by atoms with Gasteiger partial charge in [-0.3, -0.25) is 4.79 Å². The summed E-state index contributed by atoms with van der Waals surface area (Å²) in [4.78, 5) is 13.1. The molecule has 0 bridgehead atoms. The van der Waals surface area contributed by atoms with E-state index in [1.165, 1.54) is 0 Å². The summed E-state index contributed by atoms with van der Waals surface area (Å²) in [5.74, 6) is -0.0633. The fourth-order valence-electron chi connectivity index (χ4n) is 2.80. The zero-order chi connectivity index (χ0) is 14.5. The van der Waals surface area contributed by atoms with Crippen LogP contribution in [0.2, 0.25) is 0 Å². The van der Waals surface area contributed by atoms with Gasteiger partial charge in [-0.05, 0) is 49.6 Å². The predicted octanol–water partition coefficient (Wildman–Crippen LogP) is 1.64. The van der Waals surface area contributed by atoms with Gasteiger partial charge in [-0.25, -0.2) is 4.39 Å². The van der Waals surface area contributed by atoms with Gasteiger partial charge in [-0.2, -0.15) is 0 Å². The van der Waals surface area contributed by atoms with E-state index in [9.17, 15) is 9.18 Å². The first-order valence-electron chi connectivity index (χ1n) is 7.06. The van der Waals surface area contributed by atoms with Crippen molar-refractivity contribution >= 4 is 11.6 Å². The Bertz CT molecular complexity index is 470. The Hall–Kier alpha value is -1.62. The van der Waals surface area contributed by atoms with Crippen LogP contribution in [0.15, 0.2) is 18.2 Å². The Kier molecular flexibility index (Phi) is 4.95. The highest BCUT2D eigenvalue weighted by atomic mass is 19.1. The summed E-state index contributed by atoms with van der Waals surface area (Å²) in [6.45, 7) is 2.35. The zero-order valence-corrected chi connectivity index (χ0v) is 11.9. The second kappa shape index (κ2) is 6.70. The average Bonchev–Trinajstić information content (AvgIpc) is 2.38. The number of amides is 1. The van der Waals surface area contributed by atoms with Crippen molar-refractivity contribution in [2.24, 2.45) is 11.7 Å². The largest absolute Gasteiger partial charge is 0.371 e. The van der Waals surface area contributed by atoms with Crippen LogP contribution >= 0.6 is 0 Å². The van der Waals surface area contributed by atoms with Crippen LogP contribution in [0.1, 0.15) is 24.8 Å². The minimum Gasteiger partial charge on any atom is -0.371 e. The van der Waals surface area contributed by atoms with Crippen LogP contribution in [0, 0.1) is 11.7 Å². The molecule has 5 heteroatoms. The fourth-order valence-corrected chi connectivity index (χ4v) is 2.80. The minimum absolute atomic E-state index is 0.202. The highest BCUT2D eigenvalue weighted by Gasteiger charge is 2.21. The van der Waals surface area contributed by atoms with E-state index in [2.05, 4.69) is 10.2 Å². The molecule has 3 N–H and O–H groups in total. The Balaban J connectivity index is 2.01.